The lowest BCUT2D eigenvalue weighted by atomic mass is 9.92. The molecule has 0 bridgehead atoms. The van der Waals surface area contributed by atoms with Crippen molar-refractivity contribution >= 4 is 12.2 Å². The summed E-state index contributed by atoms with van der Waals surface area (Å²) in [4.78, 5) is 4.41. The van der Waals surface area contributed by atoms with E-state index >= 15 is 0 Å². The number of benzene rings is 1. The third kappa shape index (κ3) is 2.94. The van der Waals surface area contributed by atoms with Crippen LogP contribution >= 0.6 is 12.2 Å². The zero-order valence-electron chi connectivity index (χ0n) is 14.6. The number of aromatic nitrogens is 3. The summed E-state index contributed by atoms with van der Waals surface area (Å²) in [5, 5.41) is 0. The Bertz CT molecular complexity index is 862. The van der Waals surface area contributed by atoms with Crippen molar-refractivity contribution in [2.75, 3.05) is 0 Å². The maximum Gasteiger partial charge on any atom is 0.190 e. The first-order chi connectivity index (χ1) is 11.5. The highest BCUT2D eigenvalue weighted by Crippen LogP contribution is 2.31. The lowest BCUT2D eigenvalue weighted by molar-refractivity contribution is 0.797. The fourth-order valence-corrected chi connectivity index (χ4v) is 3.31. The van der Waals surface area contributed by atoms with Gasteiger partial charge < -0.3 is 0 Å². The smallest absolute Gasteiger partial charge is 0.190 e. The van der Waals surface area contributed by atoms with E-state index in [0.29, 0.717) is 11.8 Å². The Kier molecular flexibility index (Phi) is 4.67. The second kappa shape index (κ2) is 6.73. The number of imidazole rings is 1. The Labute approximate surface area is 148 Å². The first-order valence-electron chi connectivity index (χ1n) is 8.35. The molecule has 0 atom stereocenters. The molecular formula is C20H23N3S. The average Bonchev–Trinajstić information content (AvgIpc) is 2.96. The van der Waals surface area contributed by atoms with Crippen LogP contribution in [0.25, 0.3) is 11.5 Å². The minimum absolute atomic E-state index is 0.429. The van der Waals surface area contributed by atoms with Crippen LogP contribution in [0.2, 0.25) is 0 Å². The van der Waals surface area contributed by atoms with E-state index in [4.69, 9.17) is 12.2 Å². The molecule has 0 saturated heterocycles. The molecule has 3 rings (SSSR count). The van der Waals surface area contributed by atoms with Crippen molar-refractivity contribution in [3.8, 4) is 11.5 Å². The molecule has 0 spiro atoms. The molecule has 0 aliphatic heterocycles. The van der Waals surface area contributed by atoms with Gasteiger partial charge in [0.05, 0.1) is 5.69 Å². The van der Waals surface area contributed by atoms with Crippen molar-refractivity contribution in [1.82, 2.24) is 14.1 Å². The van der Waals surface area contributed by atoms with Crippen molar-refractivity contribution in [2.45, 2.75) is 39.5 Å². The molecule has 0 radical (unpaired) electrons. The molecule has 1 aromatic carbocycles. The molecule has 4 heteroatoms. The lowest BCUT2D eigenvalue weighted by Crippen LogP contribution is -2.07. The zero-order valence-corrected chi connectivity index (χ0v) is 15.4. The summed E-state index contributed by atoms with van der Waals surface area (Å²) >= 11 is 5.77. The molecule has 2 aromatic heterocycles. The van der Waals surface area contributed by atoms with Gasteiger partial charge in [-0.3, -0.25) is 9.13 Å². The summed E-state index contributed by atoms with van der Waals surface area (Å²) in [6, 6.07) is 12.4. The maximum absolute atomic E-state index is 5.77. The van der Waals surface area contributed by atoms with E-state index < -0.39 is 0 Å². The number of nitrogens with zero attached hydrogens (tertiary/aromatic N) is 3. The van der Waals surface area contributed by atoms with Crippen LogP contribution in [0.5, 0.6) is 0 Å². The van der Waals surface area contributed by atoms with Crippen molar-refractivity contribution in [3.05, 3.63) is 70.9 Å². The van der Waals surface area contributed by atoms with E-state index in [1.807, 2.05) is 35.2 Å². The Morgan fingerprint density at radius 3 is 2.00 bits per heavy atom. The Morgan fingerprint density at radius 1 is 0.833 bits per heavy atom. The molecule has 0 fully saturated rings. The van der Waals surface area contributed by atoms with Gasteiger partial charge in [0.15, 0.2) is 4.77 Å². The quantitative estimate of drug-likeness (QED) is 0.575. The van der Waals surface area contributed by atoms with Crippen molar-refractivity contribution in [3.63, 3.8) is 0 Å². The monoisotopic (exact) mass is 337 g/mol. The highest BCUT2D eigenvalue weighted by Gasteiger charge is 2.17. The number of rotatable bonds is 4. The van der Waals surface area contributed by atoms with E-state index in [1.54, 1.807) is 6.20 Å². The third-order valence-corrected chi connectivity index (χ3v) is 4.65. The molecule has 0 aliphatic rings. The molecule has 0 unspecified atom stereocenters. The first-order valence-corrected chi connectivity index (χ1v) is 8.76. The summed E-state index contributed by atoms with van der Waals surface area (Å²) in [5.41, 5.74) is 3.84. The van der Waals surface area contributed by atoms with E-state index in [-0.39, 0.29) is 0 Å². The van der Waals surface area contributed by atoms with Gasteiger partial charge in [-0.05, 0) is 47.3 Å². The summed E-state index contributed by atoms with van der Waals surface area (Å²) in [7, 11) is 0. The molecular weight excluding hydrogens is 314 g/mol. The molecule has 3 aromatic rings. The first kappa shape index (κ1) is 16.7. The highest BCUT2D eigenvalue weighted by atomic mass is 32.1. The highest BCUT2D eigenvalue weighted by molar-refractivity contribution is 7.71. The van der Waals surface area contributed by atoms with Crippen LogP contribution in [-0.4, -0.2) is 14.1 Å². The molecule has 0 saturated carbocycles. The Morgan fingerprint density at radius 2 is 1.46 bits per heavy atom. The van der Waals surface area contributed by atoms with Gasteiger partial charge in [-0.1, -0.05) is 52.0 Å². The molecule has 0 amide bonds. The van der Waals surface area contributed by atoms with E-state index in [2.05, 4.69) is 55.4 Å². The largest absolute Gasteiger partial charge is 0.292 e. The molecule has 24 heavy (non-hydrogen) atoms. The van der Waals surface area contributed by atoms with Crippen molar-refractivity contribution < 1.29 is 0 Å². The van der Waals surface area contributed by atoms with Crippen LogP contribution in [0, 0.1) is 4.77 Å². The molecule has 2 heterocycles. The van der Waals surface area contributed by atoms with Crippen LogP contribution in [0.1, 0.15) is 50.7 Å². The van der Waals surface area contributed by atoms with Crippen LogP contribution in [0.15, 0.2) is 55.0 Å². The van der Waals surface area contributed by atoms with Crippen LogP contribution in [0.3, 0.4) is 0 Å². The Balaban J connectivity index is 2.24. The van der Waals surface area contributed by atoms with E-state index in [9.17, 15) is 0 Å². The minimum atomic E-state index is 0.429. The summed E-state index contributed by atoms with van der Waals surface area (Å²) < 4.78 is 4.81. The standard InChI is InChI=1S/C20H23N3S/c1-14(2)16-8-7-9-17(15(3)4)19(16)23-13-12-22(20(23)24)18-10-5-6-11-21-18/h5-15H,1-4H3. The molecule has 0 aliphatic carbocycles. The summed E-state index contributed by atoms with van der Waals surface area (Å²) in [5.74, 6) is 1.70. The van der Waals surface area contributed by atoms with Gasteiger partial charge in [0.25, 0.3) is 0 Å². The van der Waals surface area contributed by atoms with Gasteiger partial charge in [-0.25, -0.2) is 4.98 Å². The van der Waals surface area contributed by atoms with Gasteiger partial charge in [-0.15, -0.1) is 0 Å². The Hall–Kier alpha value is -2.20. The predicted octanol–water partition coefficient (Wildman–Crippen LogP) is 5.64. The van der Waals surface area contributed by atoms with Gasteiger partial charge in [0, 0.05) is 18.6 Å². The maximum atomic E-state index is 5.77. The topological polar surface area (TPSA) is 22.8 Å². The van der Waals surface area contributed by atoms with Crippen LogP contribution in [-0.2, 0) is 0 Å². The molecule has 124 valence electrons. The second-order valence-electron chi connectivity index (χ2n) is 6.60. The van der Waals surface area contributed by atoms with Crippen LogP contribution in [0.4, 0.5) is 0 Å². The summed E-state index contributed by atoms with van der Waals surface area (Å²) in [6.45, 7) is 8.90. The average molecular weight is 337 g/mol. The fourth-order valence-electron chi connectivity index (χ4n) is 3.01. The molecule has 3 nitrogen and oxygen atoms in total. The minimum Gasteiger partial charge on any atom is -0.292 e. The van der Waals surface area contributed by atoms with E-state index in [1.165, 1.54) is 16.8 Å². The van der Waals surface area contributed by atoms with Crippen LogP contribution < -0.4 is 0 Å². The SMILES string of the molecule is CC(C)c1cccc(C(C)C)c1-n1ccn(-c2ccccn2)c1=S. The van der Waals surface area contributed by atoms with Gasteiger partial charge in [0.2, 0.25) is 0 Å². The van der Waals surface area contributed by atoms with Crippen molar-refractivity contribution in [2.24, 2.45) is 0 Å². The van der Waals surface area contributed by atoms with Gasteiger partial charge >= 0.3 is 0 Å². The lowest BCUT2D eigenvalue weighted by Gasteiger charge is -2.20. The van der Waals surface area contributed by atoms with Crippen molar-refractivity contribution in [1.29, 1.82) is 0 Å². The number of hydrogen-bond acceptors (Lipinski definition) is 2. The van der Waals surface area contributed by atoms with Gasteiger partial charge in [0.1, 0.15) is 5.82 Å². The third-order valence-electron chi connectivity index (χ3n) is 4.26. The molecule has 0 N–H and O–H groups in total. The summed E-state index contributed by atoms with van der Waals surface area (Å²) in [6.07, 6.45) is 5.83. The zero-order chi connectivity index (χ0) is 17.3. The number of para-hydroxylation sites is 1. The second-order valence-corrected chi connectivity index (χ2v) is 6.97. The number of hydrogen-bond donors (Lipinski definition) is 0. The van der Waals surface area contributed by atoms with E-state index in [0.717, 1.165) is 10.6 Å². The van der Waals surface area contributed by atoms with Gasteiger partial charge in [-0.2, -0.15) is 0 Å². The number of pyridine rings is 1. The predicted molar refractivity (Wildman–Crippen MR) is 102 cm³/mol. The fraction of sp³-hybridized carbons (Fsp3) is 0.300. The normalized spacial score (nSPS) is 11.4.